The van der Waals surface area contributed by atoms with Gasteiger partial charge in [0.25, 0.3) is 0 Å². The van der Waals surface area contributed by atoms with Crippen LogP contribution in [0.4, 0.5) is 0 Å². The number of hydrogen-bond donors (Lipinski definition) is 1. The third-order valence-corrected chi connectivity index (χ3v) is 6.23. The zero-order valence-electron chi connectivity index (χ0n) is 12.2. The Morgan fingerprint density at radius 2 is 2.00 bits per heavy atom. The molecule has 4 nitrogen and oxygen atoms in total. The summed E-state index contributed by atoms with van der Waals surface area (Å²) in [5, 5.41) is 0. The molecule has 5 heteroatoms. The van der Waals surface area contributed by atoms with E-state index in [1.165, 1.54) is 5.56 Å². The van der Waals surface area contributed by atoms with Gasteiger partial charge in [-0.1, -0.05) is 26.0 Å². The molecule has 2 N–H and O–H groups in total. The Hall–Kier alpha value is -0.910. The van der Waals surface area contributed by atoms with Crippen LogP contribution in [0.5, 0.6) is 0 Å². The Morgan fingerprint density at radius 3 is 2.55 bits per heavy atom. The number of benzene rings is 1. The lowest BCUT2D eigenvalue weighted by Crippen LogP contribution is -2.39. The topological polar surface area (TPSA) is 63.4 Å². The molecule has 0 aromatic heterocycles. The van der Waals surface area contributed by atoms with Crippen molar-refractivity contribution >= 4 is 10.0 Å². The van der Waals surface area contributed by atoms with Gasteiger partial charge in [-0.3, -0.25) is 0 Å². The van der Waals surface area contributed by atoms with Crippen LogP contribution in [0, 0.1) is 0 Å². The van der Waals surface area contributed by atoms with Gasteiger partial charge >= 0.3 is 0 Å². The fourth-order valence-corrected chi connectivity index (χ4v) is 4.40. The largest absolute Gasteiger partial charge is 0.329 e. The standard InChI is InChI=1S/C15H24N2O2S/c1-3-12(2)13-6-8-15(9-7-13)20(18,19)17-10-4-5-14(17)11-16/h6-9,12,14H,3-5,10-11,16H2,1-2H3. The average molecular weight is 296 g/mol. The first kappa shape index (κ1) is 15.5. The van der Waals surface area contributed by atoms with Gasteiger partial charge in [-0.05, 0) is 42.9 Å². The van der Waals surface area contributed by atoms with Gasteiger partial charge in [0.2, 0.25) is 10.0 Å². The van der Waals surface area contributed by atoms with E-state index in [1.54, 1.807) is 16.4 Å². The Balaban J connectivity index is 2.26. The first-order chi connectivity index (χ1) is 9.50. The van der Waals surface area contributed by atoms with Crippen molar-refractivity contribution in [3.8, 4) is 0 Å². The number of nitrogens with two attached hydrogens (primary N) is 1. The highest BCUT2D eigenvalue weighted by molar-refractivity contribution is 7.89. The summed E-state index contributed by atoms with van der Waals surface area (Å²) in [6, 6.07) is 7.25. The Morgan fingerprint density at radius 1 is 1.35 bits per heavy atom. The van der Waals surface area contributed by atoms with Gasteiger partial charge in [-0.25, -0.2) is 8.42 Å². The lowest BCUT2D eigenvalue weighted by Gasteiger charge is -2.23. The molecule has 20 heavy (non-hydrogen) atoms. The van der Waals surface area contributed by atoms with E-state index < -0.39 is 10.0 Å². The monoisotopic (exact) mass is 296 g/mol. The molecular weight excluding hydrogens is 272 g/mol. The van der Waals surface area contributed by atoms with Gasteiger partial charge < -0.3 is 5.73 Å². The second-order valence-corrected chi connectivity index (χ2v) is 7.42. The smallest absolute Gasteiger partial charge is 0.243 e. The molecule has 112 valence electrons. The van der Waals surface area contributed by atoms with Crippen LogP contribution >= 0.6 is 0 Å². The molecule has 0 radical (unpaired) electrons. The molecule has 0 bridgehead atoms. The Bertz CT molecular complexity index is 539. The van der Waals surface area contributed by atoms with E-state index in [2.05, 4.69) is 13.8 Å². The molecule has 0 amide bonds. The van der Waals surface area contributed by atoms with Crippen molar-refractivity contribution in [2.45, 2.75) is 50.0 Å². The molecule has 0 spiro atoms. The van der Waals surface area contributed by atoms with Crippen molar-refractivity contribution in [1.29, 1.82) is 0 Å². The SMILES string of the molecule is CCC(C)c1ccc(S(=O)(=O)N2CCCC2CN)cc1. The number of rotatable bonds is 5. The zero-order chi connectivity index (χ0) is 14.8. The second kappa shape index (κ2) is 6.24. The van der Waals surface area contributed by atoms with Crippen molar-refractivity contribution < 1.29 is 8.42 Å². The molecule has 2 unspecified atom stereocenters. The van der Waals surface area contributed by atoms with Crippen LogP contribution in [0.25, 0.3) is 0 Å². The molecule has 0 aliphatic carbocycles. The van der Waals surface area contributed by atoms with E-state index in [1.807, 2.05) is 12.1 Å². The van der Waals surface area contributed by atoms with E-state index in [0.29, 0.717) is 23.9 Å². The Labute approximate surface area is 122 Å². The van der Waals surface area contributed by atoms with E-state index in [0.717, 1.165) is 19.3 Å². The fourth-order valence-electron chi connectivity index (χ4n) is 2.70. The minimum absolute atomic E-state index is 0.0470. The summed E-state index contributed by atoms with van der Waals surface area (Å²) < 4.78 is 26.8. The van der Waals surface area contributed by atoms with E-state index >= 15 is 0 Å². The highest BCUT2D eigenvalue weighted by atomic mass is 32.2. The molecule has 1 aliphatic heterocycles. The summed E-state index contributed by atoms with van der Waals surface area (Å²) in [5.41, 5.74) is 6.86. The first-order valence-electron chi connectivity index (χ1n) is 7.32. The highest BCUT2D eigenvalue weighted by Gasteiger charge is 2.34. The normalized spacial score (nSPS) is 22.1. The summed E-state index contributed by atoms with van der Waals surface area (Å²) in [6.45, 7) is 5.25. The summed E-state index contributed by atoms with van der Waals surface area (Å²) in [4.78, 5) is 0.380. The summed E-state index contributed by atoms with van der Waals surface area (Å²) in [7, 11) is -3.40. The molecule has 1 saturated heterocycles. The first-order valence-corrected chi connectivity index (χ1v) is 8.76. The number of nitrogens with zero attached hydrogens (tertiary/aromatic N) is 1. The maximum absolute atomic E-state index is 12.6. The fraction of sp³-hybridized carbons (Fsp3) is 0.600. The maximum Gasteiger partial charge on any atom is 0.243 e. The lowest BCUT2D eigenvalue weighted by molar-refractivity contribution is 0.393. The molecule has 0 saturated carbocycles. The third kappa shape index (κ3) is 2.90. The van der Waals surface area contributed by atoms with Crippen LogP contribution < -0.4 is 5.73 Å². The van der Waals surface area contributed by atoms with Crippen LogP contribution in [0.15, 0.2) is 29.2 Å². The maximum atomic E-state index is 12.6. The van der Waals surface area contributed by atoms with Crippen LogP contribution in [0.3, 0.4) is 0 Å². The number of sulfonamides is 1. The van der Waals surface area contributed by atoms with Crippen molar-refractivity contribution in [3.63, 3.8) is 0 Å². The van der Waals surface area contributed by atoms with Gasteiger partial charge in [-0.2, -0.15) is 4.31 Å². The van der Waals surface area contributed by atoms with Crippen molar-refractivity contribution in [2.24, 2.45) is 5.73 Å². The second-order valence-electron chi connectivity index (χ2n) is 5.53. The molecule has 1 heterocycles. The molecule has 1 fully saturated rings. The highest BCUT2D eigenvalue weighted by Crippen LogP contribution is 2.27. The zero-order valence-corrected chi connectivity index (χ0v) is 13.1. The van der Waals surface area contributed by atoms with Gasteiger partial charge in [0.15, 0.2) is 0 Å². The molecule has 2 atom stereocenters. The molecular formula is C15H24N2O2S. The summed E-state index contributed by atoms with van der Waals surface area (Å²) in [6.07, 6.45) is 2.81. The predicted octanol–water partition coefficient (Wildman–Crippen LogP) is 2.31. The van der Waals surface area contributed by atoms with Gasteiger partial charge in [0.05, 0.1) is 4.90 Å². The van der Waals surface area contributed by atoms with Gasteiger partial charge in [0.1, 0.15) is 0 Å². The van der Waals surface area contributed by atoms with Crippen molar-refractivity contribution in [3.05, 3.63) is 29.8 Å². The van der Waals surface area contributed by atoms with E-state index in [-0.39, 0.29) is 6.04 Å². The third-order valence-electron chi connectivity index (χ3n) is 4.26. The quantitative estimate of drug-likeness (QED) is 0.907. The van der Waals surface area contributed by atoms with Crippen LogP contribution in [0.1, 0.15) is 44.6 Å². The van der Waals surface area contributed by atoms with E-state index in [9.17, 15) is 8.42 Å². The minimum atomic E-state index is -3.40. The van der Waals surface area contributed by atoms with E-state index in [4.69, 9.17) is 5.73 Å². The van der Waals surface area contributed by atoms with Gasteiger partial charge in [-0.15, -0.1) is 0 Å². The lowest BCUT2D eigenvalue weighted by atomic mass is 9.99. The van der Waals surface area contributed by atoms with Crippen LogP contribution in [-0.2, 0) is 10.0 Å². The number of hydrogen-bond acceptors (Lipinski definition) is 3. The molecule has 1 aromatic rings. The predicted molar refractivity (Wildman–Crippen MR) is 81.1 cm³/mol. The average Bonchev–Trinajstić information content (AvgIpc) is 2.95. The van der Waals surface area contributed by atoms with Gasteiger partial charge in [0, 0.05) is 19.1 Å². The summed E-state index contributed by atoms with van der Waals surface area (Å²) in [5.74, 6) is 0.454. The van der Waals surface area contributed by atoms with Crippen LogP contribution in [0.2, 0.25) is 0 Å². The summed E-state index contributed by atoms with van der Waals surface area (Å²) >= 11 is 0. The minimum Gasteiger partial charge on any atom is -0.329 e. The van der Waals surface area contributed by atoms with Crippen LogP contribution in [-0.4, -0.2) is 31.9 Å². The van der Waals surface area contributed by atoms with Crippen molar-refractivity contribution in [2.75, 3.05) is 13.1 Å². The molecule has 1 aromatic carbocycles. The van der Waals surface area contributed by atoms with Crippen molar-refractivity contribution in [1.82, 2.24) is 4.31 Å². The Kier molecular flexibility index (Phi) is 4.83. The molecule has 2 rings (SSSR count). The molecule has 1 aliphatic rings.